The standard InChI is InChI=1S/C20H35N5OS.HI/c1-5-21-20(23-11-10-22-19(26)15(2)3)24-14-16-8-6-12-25(4)18(16)17-9-7-13-27-17;/h7,9,13,15-16,18H,5-6,8,10-12,14H2,1-4H3,(H,22,26)(H2,21,23,24);1H. The van der Waals surface area contributed by atoms with Crippen molar-refractivity contribution in [3.8, 4) is 0 Å². The first-order valence-corrected chi connectivity index (χ1v) is 10.9. The van der Waals surface area contributed by atoms with Crippen LogP contribution in [0.1, 0.15) is 44.5 Å². The van der Waals surface area contributed by atoms with E-state index in [1.807, 2.05) is 25.2 Å². The third kappa shape index (κ3) is 7.87. The molecule has 28 heavy (non-hydrogen) atoms. The van der Waals surface area contributed by atoms with Crippen molar-refractivity contribution in [1.82, 2.24) is 20.9 Å². The van der Waals surface area contributed by atoms with Gasteiger partial charge < -0.3 is 16.0 Å². The van der Waals surface area contributed by atoms with Crippen molar-refractivity contribution < 1.29 is 4.79 Å². The Balaban J connectivity index is 0.00000392. The molecule has 1 aliphatic heterocycles. The molecule has 0 radical (unpaired) electrons. The first-order chi connectivity index (χ1) is 13.0. The summed E-state index contributed by atoms with van der Waals surface area (Å²) in [5.74, 6) is 1.46. The van der Waals surface area contributed by atoms with Crippen molar-refractivity contribution in [3.05, 3.63) is 22.4 Å². The number of rotatable bonds is 8. The molecule has 1 aromatic rings. The molecule has 2 unspecified atom stereocenters. The summed E-state index contributed by atoms with van der Waals surface area (Å²) in [6, 6.07) is 4.84. The molecule has 1 aliphatic rings. The number of piperidine rings is 1. The Morgan fingerprint density at radius 2 is 2.07 bits per heavy atom. The summed E-state index contributed by atoms with van der Waals surface area (Å²) in [6.45, 7) is 9.93. The maximum atomic E-state index is 11.6. The second kappa shape index (κ2) is 13.4. The summed E-state index contributed by atoms with van der Waals surface area (Å²) < 4.78 is 0. The highest BCUT2D eigenvalue weighted by Crippen LogP contribution is 2.37. The quantitative estimate of drug-likeness (QED) is 0.213. The van der Waals surface area contributed by atoms with Crippen LogP contribution in [-0.2, 0) is 4.79 Å². The number of hydrogen-bond donors (Lipinski definition) is 3. The Kier molecular flexibility index (Phi) is 12.0. The van der Waals surface area contributed by atoms with Crippen LogP contribution in [0.15, 0.2) is 22.5 Å². The lowest BCUT2D eigenvalue weighted by molar-refractivity contribution is -0.123. The summed E-state index contributed by atoms with van der Waals surface area (Å²) >= 11 is 1.84. The number of nitrogens with one attached hydrogen (secondary N) is 3. The monoisotopic (exact) mass is 521 g/mol. The zero-order valence-corrected chi connectivity index (χ0v) is 20.7. The van der Waals surface area contributed by atoms with E-state index in [0.29, 0.717) is 25.0 Å². The van der Waals surface area contributed by atoms with E-state index < -0.39 is 0 Å². The highest BCUT2D eigenvalue weighted by molar-refractivity contribution is 14.0. The van der Waals surface area contributed by atoms with Gasteiger partial charge in [-0.15, -0.1) is 35.3 Å². The third-order valence-corrected chi connectivity index (χ3v) is 5.85. The van der Waals surface area contributed by atoms with Gasteiger partial charge in [-0.1, -0.05) is 19.9 Å². The molecule has 1 aromatic heterocycles. The number of guanidine groups is 1. The molecule has 1 fully saturated rings. The normalized spacial score (nSPS) is 20.5. The number of carbonyl (C=O) groups excluding carboxylic acids is 1. The molecule has 1 amide bonds. The fraction of sp³-hybridized carbons (Fsp3) is 0.700. The second-order valence-corrected chi connectivity index (χ2v) is 8.41. The minimum atomic E-state index is 0. The zero-order valence-electron chi connectivity index (χ0n) is 17.5. The molecular weight excluding hydrogens is 485 g/mol. The van der Waals surface area contributed by atoms with E-state index in [1.54, 1.807) is 0 Å². The predicted octanol–water partition coefficient (Wildman–Crippen LogP) is 3.08. The van der Waals surface area contributed by atoms with Crippen molar-refractivity contribution in [2.24, 2.45) is 16.8 Å². The lowest BCUT2D eigenvalue weighted by atomic mass is 9.88. The van der Waals surface area contributed by atoms with E-state index in [0.717, 1.165) is 25.6 Å². The molecule has 0 spiro atoms. The maximum Gasteiger partial charge on any atom is 0.222 e. The Labute approximate surface area is 191 Å². The molecule has 1 saturated heterocycles. The van der Waals surface area contributed by atoms with E-state index >= 15 is 0 Å². The van der Waals surface area contributed by atoms with Gasteiger partial charge >= 0.3 is 0 Å². The van der Waals surface area contributed by atoms with Gasteiger partial charge in [-0.3, -0.25) is 14.7 Å². The lowest BCUT2D eigenvalue weighted by Gasteiger charge is -2.38. The number of halogens is 1. The van der Waals surface area contributed by atoms with Crippen LogP contribution in [0.2, 0.25) is 0 Å². The van der Waals surface area contributed by atoms with Crippen LogP contribution >= 0.6 is 35.3 Å². The van der Waals surface area contributed by atoms with Crippen molar-refractivity contribution >= 4 is 47.2 Å². The zero-order chi connectivity index (χ0) is 19.6. The smallest absolute Gasteiger partial charge is 0.222 e. The van der Waals surface area contributed by atoms with Crippen LogP contribution in [0, 0.1) is 11.8 Å². The van der Waals surface area contributed by atoms with Gasteiger partial charge in [-0.2, -0.15) is 0 Å². The molecule has 8 heteroatoms. The largest absolute Gasteiger partial charge is 0.357 e. The Bertz CT molecular complexity index is 593. The van der Waals surface area contributed by atoms with Gasteiger partial charge in [0.05, 0.1) is 0 Å². The van der Waals surface area contributed by atoms with Gasteiger partial charge in [0.1, 0.15) is 0 Å². The van der Waals surface area contributed by atoms with Crippen LogP contribution in [0.5, 0.6) is 0 Å². The molecule has 0 saturated carbocycles. The van der Waals surface area contributed by atoms with Crippen LogP contribution in [0.4, 0.5) is 0 Å². The SMILES string of the molecule is CCNC(=NCC1CCCN(C)C1c1cccs1)NCCNC(=O)C(C)C.I. The van der Waals surface area contributed by atoms with Gasteiger partial charge in [-0.25, -0.2) is 0 Å². The molecule has 3 N–H and O–H groups in total. The van der Waals surface area contributed by atoms with Gasteiger partial charge in [0.25, 0.3) is 0 Å². The van der Waals surface area contributed by atoms with E-state index in [4.69, 9.17) is 4.99 Å². The highest BCUT2D eigenvalue weighted by atomic mass is 127. The van der Waals surface area contributed by atoms with E-state index in [2.05, 4.69) is 52.3 Å². The topological polar surface area (TPSA) is 68.8 Å². The first kappa shape index (κ1) is 25.2. The summed E-state index contributed by atoms with van der Waals surface area (Å²) in [6.07, 6.45) is 2.43. The number of carbonyl (C=O) groups is 1. The van der Waals surface area contributed by atoms with Crippen molar-refractivity contribution in [1.29, 1.82) is 0 Å². The number of likely N-dealkylation sites (tertiary alicyclic amines) is 1. The van der Waals surface area contributed by atoms with Crippen molar-refractivity contribution in [3.63, 3.8) is 0 Å². The first-order valence-electron chi connectivity index (χ1n) is 10.1. The molecule has 2 heterocycles. The van der Waals surface area contributed by atoms with Crippen molar-refractivity contribution in [2.45, 2.75) is 39.7 Å². The van der Waals surface area contributed by atoms with Gasteiger partial charge in [0.15, 0.2) is 5.96 Å². The molecule has 0 aliphatic carbocycles. The molecule has 6 nitrogen and oxygen atoms in total. The third-order valence-electron chi connectivity index (χ3n) is 4.91. The van der Waals surface area contributed by atoms with Gasteiger partial charge in [-0.05, 0) is 50.7 Å². The Morgan fingerprint density at radius 1 is 1.32 bits per heavy atom. The Hall–Kier alpha value is -0.870. The van der Waals surface area contributed by atoms with E-state index in [1.165, 1.54) is 17.7 Å². The number of aliphatic imine (C=N–C) groups is 1. The minimum Gasteiger partial charge on any atom is -0.357 e. The molecule has 2 rings (SSSR count). The van der Waals surface area contributed by atoms with Gasteiger partial charge in [0, 0.05) is 43.0 Å². The predicted molar refractivity (Wildman–Crippen MR) is 130 cm³/mol. The molecular formula is C20H36IN5OS. The molecule has 0 aromatic carbocycles. The number of thiophene rings is 1. The second-order valence-electron chi connectivity index (χ2n) is 7.44. The van der Waals surface area contributed by atoms with Crippen LogP contribution in [-0.4, -0.2) is 56.5 Å². The van der Waals surface area contributed by atoms with Crippen molar-refractivity contribution in [2.75, 3.05) is 39.8 Å². The fourth-order valence-electron chi connectivity index (χ4n) is 3.48. The van der Waals surface area contributed by atoms with Crippen LogP contribution < -0.4 is 16.0 Å². The maximum absolute atomic E-state index is 11.6. The summed E-state index contributed by atoms with van der Waals surface area (Å²) in [4.78, 5) is 20.4. The van der Waals surface area contributed by atoms with E-state index in [9.17, 15) is 4.79 Å². The number of nitrogens with zero attached hydrogens (tertiary/aromatic N) is 2. The molecule has 160 valence electrons. The lowest BCUT2D eigenvalue weighted by Crippen LogP contribution is -2.43. The highest BCUT2D eigenvalue weighted by Gasteiger charge is 2.31. The Morgan fingerprint density at radius 3 is 2.71 bits per heavy atom. The number of hydrogen-bond acceptors (Lipinski definition) is 4. The summed E-state index contributed by atoms with van der Waals surface area (Å²) in [5, 5.41) is 11.7. The molecule has 0 bridgehead atoms. The molecule has 2 atom stereocenters. The van der Waals surface area contributed by atoms with Crippen LogP contribution in [0.3, 0.4) is 0 Å². The fourth-order valence-corrected chi connectivity index (χ4v) is 4.46. The summed E-state index contributed by atoms with van der Waals surface area (Å²) in [7, 11) is 2.22. The number of amides is 1. The average Bonchev–Trinajstić information content (AvgIpc) is 3.16. The average molecular weight is 522 g/mol. The summed E-state index contributed by atoms with van der Waals surface area (Å²) in [5.41, 5.74) is 0. The minimum absolute atomic E-state index is 0. The van der Waals surface area contributed by atoms with E-state index in [-0.39, 0.29) is 35.8 Å². The van der Waals surface area contributed by atoms with Gasteiger partial charge in [0.2, 0.25) is 5.91 Å². The van der Waals surface area contributed by atoms with Crippen LogP contribution in [0.25, 0.3) is 0 Å².